The van der Waals surface area contributed by atoms with Crippen molar-refractivity contribution in [3.63, 3.8) is 0 Å². The molecule has 5 heterocycles. The number of piperidine rings is 1. The van der Waals surface area contributed by atoms with Crippen LogP contribution in [0.5, 0.6) is 11.5 Å². The van der Waals surface area contributed by atoms with Gasteiger partial charge in [0.05, 0.1) is 61.8 Å². The van der Waals surface area contributed by atoms with Crippen molar-refractivity contribution in [2.75, 3.05) is 58.4 Å². The molecule has 2 aliphatic carbocycles. The summed E-state index contributed by atoms with van der Waals surface area (Å²) in [5, 5.41) is 103. The van der Waals surface area contributed by atoms with E-state index < -0.39 is 152 Å². The Balaban J connectivity index is 0.910. The highest BCUT2D eigenvalue weighted by molar-refractivity contribution is 7.14. The maximum atomic E-state index is 14.7. The van der Waals surface area contributed by atoms with E-state index in [1.807, 2.05) is 7.11 Å². The number of primary amides is 1. The Morgan fingerprint density at radius 2 is 1.45 bits per heavy atom. The van der Waals surface area contributed by atoms with Crippen molar-refractivity contribution in [1.29, 1.82) is 0 Å². The van der Waals surface area contributed by atoms with E-state index in [4.69, 9.17) is 15.2 Å². The number of carbonyl (C=O) groups is 7. The Morgan fingerprint density at radius 1 is 0.780 bits per heavy atom. The third-order valence-electron chi connectivity index (χ3n) is 19.7. The molecule has 28 heteroatoms. The summed E-state index contributed by atoms with van der Waals surface area (Å²) >= 11 is 1.57. The number of methoxy groups -OCH3 is 2. The van der Waals surface area contributed by atoms with Crippen LogP contribution in [-0.4, -0.2) is 229 Å². The molecule has 1 aromatic heterocycles. The molecular weight excluding hydrogens is 1200 g/mol. The number of aromatic hydroxyl groups is 1. The number of aliphatic hydroxyl groups is 6. The lowest BCUT2D eigenvalue weighted by Crippen LogP contribution is -2.64. The van der Waals surface area contributed by atoms with Gasteiger partial charge in [-0.15, -0.1) is 10.2 Å². The molecule has 0 spiro atoms. The number of carbonyl (C=O) groups excluding carboxylic acids is 7. The number of phenolic OH excluding ortho intramolecular Hbond substituents is 1. The van der Waals surface area contributed by atoms with Crippen LogP contribution in [0.1, 0.15) is 120 Å². The number of benzene rings is 2. The Labute approximate surface area is 533 Å². The third-order valence-corrected chi connectivity index (χ3v) is 20.8. The van der Waals surface area contributed by atoms with Crippen molar-refractivity contribution in [2.45, 2.75) is 195 Å². The number of rotatable bonds is 16. The molecule has 13 atom stereocenters. The molecule has 14 N–H and O–H groups in total. The van der Waals surface area contributed by atoms with Crippen molar-refractivity contribution < 1.29 is 78.8 Å². The fourth-order valence-electron chi connectivity index (χ4n) is 14.3. The number of hydrogen-bond donors (Lipinski definition) is 13. The number of aromatic nitrogens is 2. The van der Waals surface area contributed by atoms with E-state index in [1.165, 1.54) is 76.9 Å². The number of nitrogens with zero attached hydrogens (tertiary/aromatic N) is 5. The van der Waals surface area contributed by atoms with Gasteiger partial charge in [-0.1, -0.05) is 43.6 Å². The highest BCUT2D eigenvalue weighted by Crippen LogP contribution is 2.43. The quantitative estimate of drug-likeness (QED) is 0.0855. The zero-order valence-electron chi connectivity index (χ0n) is 52.2. The zero-order chi connectivity index (χ0) is 65.4. The zero-order valence-corrected chi connectivity index (χ0v) is 53.0. The number of anilines is 1. The second kappa shape index (κ2) is 30.4. The summed E-state index contributed by atoms with van der Waals surface area (Å²) in [4.78, 5) is 104. The van der Waals surface area contributed by atoms with E-state index in [1.54, 1.807) is 11.3 Å². The monoisotopic (exact) mass is 1290 g/mol. The first-order valence-corrected chi connectivity index (χ1v) is 32.8. The normalized spacial score (nSPS) is 30.4. The van der Waals surface area contributed by atoms with Crippen LogP contribution in [-0.2, 0) is 44.7 Å². The van der Waals surface area contributed by atoms with Gasteiger partial charge in [0.2, 0.25) is 41.4 Å². The number of amides is 7. The van der Waals surface area contributed by atoms with Crippen LogP contribution >= 0.6 is 11.3 Å². The van der Waals surface area contributed by atoms with Crippen LogP contribution in [0.3, 0.4) is 0 Å². The van der Waals surface area contributed by atoms with Gasteiger partial charge in [-0.05, 0) is 125 Å². The van der Waals surface area contributed by atoms with Gasteiger partial charge in [0.1, 0.15) is 40.2 Å². The van der Waals surface area contributed by atoms with Crippen molar-refractivity contribution in [3.8, 4) is 22.1 Å². The van der Waals surface area contributed by atoms with Crippen LogP contribution in [0.25, 0.3) is 10.6 Å². The molecule has 7 amide bonds. The summed E-state index contributed by atoms with van der Waals surface area (Å²) in [6, 6.07) is 1.98. The van der Waals surface area contributed by atoms with Gasteiger partial charge in [0.15, 0.2) is 11.5 Å². The van der Waals surface area contributed by atoms with E-state index in [9.17, 15) is 69.3 Å². The first-order valence-electron chi connectivity index (χ1n) is 32.0. The molecule has 2 saturated carbocycles. The summed E-state index contributed by atoms with van der Waals surface area (Å²) in [5.74, 6) is -7.83. The van der Waals surface area contributed by atoms with Crippen LogP contribution in [0.4, 0.5) is 5.69 Å². The molecule has 0 radical (unpaired) electrons. The Morgan fingerprint density at radius 3 is 2.11 bits per heavy atom. The van der Waals surface area contributed by atoms with Crippen LogP contribution in [0.2, 0.25) is 0 Å². The number of hydrogen-bond acceptors (Lipinski definition) is 21. The summed E-state index contributed by atoms with van der Waals surface area (Å²) in [6.07, 6.45) is -0.751. The average molecular weight is 1290 g/mol. The fourth-order valence-corrected chi connectivity index (χ4v) is 15.3. The minimum atomic E-state index is -2.12. The highest BCUT2D eigenvalue weighted by Gasteiger charge is 2.50. The van der Waals surface area contributed by atoms with Crippen LogP contribution < -0.4 is 42.0 Å². The molecule has 27 nitrogen and oxygen atoms in total. The standard InChI is InChI=1S/C63H91N11O16S/c1-33-31-74-53(54(33)82)58(86)66-30-41(76)26-43(65-29-35-10-13-37(14-11-35)59-70-71-60(91-59)38-15-17-40(18-16-38)72-22-20-63(90-4,21-23-72)39-8-6-5-7-9-39)55(83)67-50(34(2)75)61(87)73-32-42(77)27-44(73)56(84)68-51(46(79)24-36-12-19-45(78)48(25-36)89-3)57(85)69-52(62(74)88)47(80)28-49(64)81/h12,15-19,25,33-35,37,39,41-44,46-47,50-54,65,75-80,82H,5-11,13-14,20-24,26-32H2,1-4H3,(H2,64,81)(H,66,86)(H,67,83)(H,68,84)(H,69,85)/t33-,34+,35?,37?,41+,42+,43?,44-,46+,47+,50-,51-,52-,53-,54-/m0/s1. The van der Waals surface area contributed by atoms with Crippen molar-refractivity contribution in [1.82, 2.24) is 46.6 Å². The number of β-amino-alcohol motifs (C(OH)–C–C–N with tert-alkyl or cyclic N) is 1. The lowest BCUT2D eigenvalue weighted by atomic mass is 9.72. The molecule has 91 heavy (non-hydrogen) atoms. The number of fused-ring (bicyclic) bond motifs is 2. The van der Waals surface area contributed by atoms with Crippen LogP contribution in [0, 0.1) is 17.8 Å². The van der Waals surface area contributed by atoms with E-state index in [0.29, 0.717) is 5.92 Å². The second-order valence-electron chi connectivity index (χ2n) is 25.9. The maximum Gasteiger partial charge on any atom is 0.248 e. The molecule has 9 rings (SSSR count). The number of nitrogens with one attached hydrogen (secondary N) is 5. The molecule has 3 aromatic rings. The maximum absolute atomic E-state index is 14.7. The lowest BCUT2D eigenvalue weighted by Gasteiger charge is -2.47. The first kappa shape index (κ1) is 68.7. The van der Waals surface area contributed by atoms with E-state index >= 15 is 0 Å². The summed E-state index contributed by atoms with van der Waals surface area (Å²) in [6.45, 7) is 3.58. The van der Waals surface area contributed by atoms with Gasteiger partial charge in [-0.3, -0.25) is 33.6 Å². The van der Waals surface area contributed by atoms with E-state index in [-0.39, 0.29) is 54.0 Å². The highest BCUT2D eigenvalue weighted by atomic mass is 32.1. The van der Waals surface area contributed by atoms with Crippen molar-refractivity contribution in [3.05, 3.63) is 53.0 Å². The number of ether oxygens (including phenoxy) is 2. The molecule has 0 bridgehead atoms. The van der Waals surface area contributed by atoms with Crippen molar-refractivity contribution >= 4 is 58.4 Å². The fraction of sp³-hybridized carbons (Fsp3) is 0.667. The van der Waals surface area contributed by atoms with Crippen LogP contribution in [0.15, 0.2) is 42.5 Å². The summed E-state index contributed by atoms with van der Waals surface area (Å²) in [7, 11) is 3.16. The van der Waals surface area contributed by atoms with Gasteiger partial charge < -0.3 is 92.2 Å². The lowest BCUT2D eigenvalue weighted by molar-refractivity contribution is -0.147. The predicted octanol–water partition coefficient (Wildman–Crippen LogP) is -0.557. The largest absolute Gasteiger partial charge is 0.504 e. The average Bonchev–Trinajstić information content (AvgIpc) is 1.98. The molecule has 6 aliphatic rings. The SMILES string of the molecule is COc1cc(C[C@@H](O)[C@@H]2NC(=O)[C@@H]3C[C@@H](O)CN3C(=O)[C@H]([C@@H](C)O)NC(=O)C(NCC3CCC(c4nnc(-c5ccc(N6CCC(OC)(C7CCCCC7)CC6)cc5)s4)CC3)C[C@@H](O)CNC(=O)[C@@H]3[C@@H](O)[C@@H](C)CN3C(=O)[C@H]([C@H](O)CC(N)=O)NC2=O)ccc1O. The van der Waals surface area contributed by atoms with Crippen molar-refractivity contribution in [2.24, 2.45) is 23.5 Å². The van der Waals surface area contributed by atoms with Gasteiger partial charge >= 0.3 is 0 Å². The van der Waals surface area contributed by atoms with Gasteiger partial charge in [-0.25, -0.2) is 0 Å². The molecule has 500 valence electrons. The third kappa shape index (κ3) is 16.2. The van der Waals surface area contributed by atoms with Gasteiger partial charge in [0, 0.05) is 75.8 Å². The summed E-state index contributed by atoms with van der Waals surface area (Å²) in [5.41, 5.74) is 7.83. The number of phenols is 1. The minimum absolute atomic E-state index is 0.0110. The summed E-state index contributed by atoms with van der Waals surface area (Å²) < 4.78 is 11.5. The molecule has 4 saturated heterocycles. The predicted molar refractivity (Wildman–Crippen MR) is 332 cm³/mol. The minimum Gasteiger partial charge on any atom is -0.504 e. The van der Waals surface area contributed by atoms with Gasteiger partial charge in [0.25, 0.3) is 0 Å². The first-order chi connectivity index (χ1) is 43.5. The Hall–Kier alpha value is -6.63. The van der Waals surface area contributed by atoms with E-state index in [2.05, 4.69) is 65.9 Å². The topological polar surface area (TPSA) is 401 Å². The molecule has 1 unspecified atom stereocenters. The van der Waals surface area contributed by atoms with E-state index in [0.717, 1.165) is 77.0 Å². The number of aliphatic hydroxyl groups excluding tert-OH is 6. The van der Waals surface area contributed by atoms with Gasteiger partial charge in [-0.2, -0.15) is 0 Å². The Bertz CT molecular complexity index is 3030. The molecule has 4 aliphatic heterocycles. The molecular formula is C63H91N11O16S. The molecule has 6 fully saturated rings. The second-order valence-corrected chi connectivity index (χ2v) is 26.9. The number of nitrogens with two attached hydrogens (primary N) is 1. The Kier molecular flexibility index (Phi) is 23.0. The smallest absolute Gasteiger partial charge is 0.248 e. The molecule has 2 aromatic carbocycles.